The summed E-state index contributed by atoms with van der Waals surface area (Å²) < 4.78 is 26.7. The summed E-state index contributed by atoms with van der Waals surface area (Å²) >= 11 is 0. The second-order valence-corrected chi connectivity index (χ2v) is 5.67. The van der Waals surface area contributed by atoms with Crippen LogP contribution in [0.25, 0.3) is 0 Å². The van der Waals surface area contributed by atoms with E-state index in [0.29, 0.717) is 12.4 Å². The first-order valence-electron chi connectivity index (χ1n) is 5.33. The lowest BCUT2D eigenvalue weighted by molar-refractivity contribution is 0.244. The van der Waals surface area contributed by atoms with Crippen molar-refractivity contribution in [1.29, 1.82) is 0 Å². The Labute approximate surface area is 103 Å². The predicted octanol–water partition coefficient (Wildman–Crippen LogP) is 3.53. The summed E-state index contributed by atoms with van der Waals surface area (Å²) in [5.41, 5.74) is 0.901. The first kappa shape index (κ1) is 16.2. The molecule has 0 fully saturated rings. The van der Waals surface area contributed by atoms with Crippen LogP contribution < -0.4 is 0 Å². The number of ether oxygens (including phenoxy) is 1. The quantitative estimate of drug-likeness (QED) is 0.380. The van der Waals surface area contributed by atoms with Crippen molar-refractivity contribution in [3.8, 4) is 0 Å². The summed E-state index contributed by atoms with van der Waals surface area (Å²) in [7, 11) is -0.211. The third-order valence-electron chi connectivity index (χ3n) is 1.99. The lowest BCUT2D eigenvalue weighted by Gasteiger charge is -2.13. The van der Waals surface area contributed by atoms with E-state index in [0.717, 1.165) is 5.57 Å². The molecular formula is C12H21O4P. The van der Waals surface area contributed by atoms with Crippen molar-refractivity contribution in [3.63, 3.8) is 0 Å². The zero-order valence-electron chi connectivity index (χ0n) is 10.9. The Hall–Kier alpha value is -0.830. The number of hydrogen-bond donors (Lipinski definition) is 0. The molecule has 0 radical (unpaired) electrons. The third kappa shape index (κ3) is 7.16. The highest BCUT2D eigenvalue weighted by Crippen LogP contribution is 2.47. The van der Waals surface area contributed by atoms with Crippen LogP contribution in [0.4, 0.5) is 0 Å². The normalized spacial score (nSPS) is 13.1. The molecule has 0 amide bonds. The van der Waals surface area contributed by atoms with E-state index >= 15 is 0 Å². The van der Waals surface area contributed by atoms with E-state index in [1.165, 1.54) is 14.2 Å². The van der Waals surface area contributed by atoms with Crippen molar-refractivity contribution in [1.82, 2.24) is 0 Å². The zero-order chi connectivity index (χ0) is 13.3. The molecular weight excluding hydrogens is 239 g/mol. The highest BCUT2D eigenvalue weighted by Gasteiger charge is 2.20. The summed E-state index contributed by atoms with van der Waals surface area (Å²) in [6, 6.07) is 0. The largest absolute Gasteiger partial charge is 0.495 e. The van der Waals surface area contributed by atoms with Crippen molar-refractivity contribution < 1.29 is 18.3 Å². The SMILES string of the molecule is C=C(/C=C/C=C(\C)CP(=O)(OC)OC)OCC. The van der Waals surface area contributed by atoms with Gasteiger partial charge in [0.1, 0.15) is 5.76 Å². The maximum Gasteiger partial charge on any atom is 0.334 e. The fraction of sp³-hybridized carbons (Fsp3) is 0.500. The summed E-state index contributed by atoms with van der Waals surface area (Å²) in [5.74, 6) is 0.596. The van der Waals surface area contributed by atoms with Crippen LogP contribution in [0.5, 0.6) is 0 Å². The topological polar surface area (TPSA) is 44.8 Å². The van der Waals surface area contributed by atoms with Gasteiger partial charge in [-0.25, -0.2) is 0 Å². The highest BCUT2D eigenvalue weighted by atomic mass is 31.2. The molecule has 0 spiro atoms. The van der Waals surface area contributed by atoms with Gasteiger partial charge in [-0.2, -0.15) is 0 Å². The summed E-state index contributed by atoms with van der Waals surface area (Å²) in [6.07, 6.45) is 5.64. The molecule has 0 atom stereocenters. The van der Waals surface area contributed by atoms with E-state index in [1.807, 2.05) is 19.9 Å². The van der Waals surface area contributed by atoms with Crippen LogP contribution in [0, 0.1) is 0 Å². The van der Waals surface area contributed by atoms with Gasteiger partial charge in [0.25, 0.3) is 0 Å². The number of hydrogen-bond acceptors (Lipinski definition) is 4. The lowest BCUT2D eigenvalue weighted by Crippen LogP contribution is -1.95. The second-order valence-electron chi connectivity index (χ2n) is 3.41. The average molecular weight is 260 g/mol. The minimum atomic E-state index is -2.97. The first-order valence-corrected chi connectivity index (χ1v) is 7.06. The smallest absolute Gasteiger partial charge is 0.334 e. The summed E-state index contributed by atoms with van der Waals surface area (Å²) in [6.45, 7) is 8.05. The molecule has 0 aliphatic heterocycles. The van der Waals surface area contributed by atoms with Gasteiger partial charge in [-0.05, 0) is 19.9 Å². The first-order chi connectivity index (χ1) is 7.97. The molecule has 0 aliphatic rings. The lowest BCUT2D eigenvalue weighted by atomic mass is 10.3. The van der Waals surface area contributed by atoms with Crippen molar-refractivity contribution >= 4 is 7.60 Å². The number of rotatable bonds is 8. The molecule has 0 N–H and O–H groups in total. The molecule has 0 saturated carbocycles. The van der Waals surface area contributed by atoms with E-state index in [-0.39, 0.29) is 6.16 Å². The van der Waals surface area contributed by atoms with E-state index in [2.05, 4.69) is 6.58 Å². The minimum Gasteiger partial charge on any atom is -0.495 e. The molecule has 0 bridgehead atoms. The molecule has 0 heterocycles. The molecule has 0 aliphatic carbocycles. The molecule has 0 rings (SSSR count). The Kier molecular flexibility index (Phi) is 7.88. The van der Waals surface area contributed by atoms with E-state index in [1.54, 1.807) is 12.2 Å². The predicted molar refractivity (Wildman–Crippen MR) is 70.2 cm³/mol. The van der Waals surface area contributed by atoms with Crippen LogP contribution >= 0.6 is 7.60 Å². The van der Waals surface area contributed by atoms with Gasteiger partial charge in [0.15, 0.2) is 0 Å². The molecule has 5 heteroatoms. The average Bonchev–Trinajstić information content (AvgIpc) is 2.29. The maximum atomic E-state index is 11.8. The van der Waals surface area contributed by atoms with Crippen molar-refractivity contribution in [2.75, 3.05) is 27.0 Å². The molecule has 4 nitrogen and oxygen atoms in total. The van der Waals surface area contributed by atoms with Gasteiger partial charge in [-0.3, -0.25) is 4.57 Å². The molecule has 0 saturated heterocycles. The number of allylic oxidation sites excluding steroid dienone is 4. The molecule has 0 aromatic heterocycles. The van der Waals surface area contributed by atoms with Gasteiger partial charge in [0.2, 0.25) is 0 Å². The zero-order valence-corrected chi connectivity index (χ0v) is 11.8. The van der Waals surface area contributed by atoms with Crippen LogP contribution in [-0.4, -0.2) is 27.0 Å². The van der Waals surface area contributed by atoms with Crippen LogP contribution in [0.3, 0.4) is 0 Å². The monoisotopic (exact) mass is 260 g/mol. The van der Waals surface area contributed by atoms with Gasteiger partial charge in [-0.1, -0.05) is 24.3 Å². The Morgan fingerprint density at radius 1 is 1.35 bits per heavy atom. The fourth-order valence-corrected chi connectivity index (χ4v) is 2.24. The Morgan fingerprint density at radius 3 is 2.41 bits per heavy atom. The highest BCUT2D eigenvalue weighted by molar-refractivity contribution is 7.54. The molecule has 0 aromatic carbocycles. The van der Waals surface area contributed by atoms with Gasteiger partial charge in [-0.15, -0.1) is 0 Å². The Balaban J connectivity index is 4.37. The minimum absolute atomic E-state index is 0.269. The second kappa shape index (κ2) is 8.29. The van der Waals surface area contributed by atoms with Crippen LogP contribution in [0.15, 0.2) is 36.1 Å². The van der Waals surface area contributed by atoms with Crippen molar-refractivity contribution in [2.24, 2.45) is 0 Å². The standard InChI is InChI=1S/C12H21O4P/c1-6-16-12(3)9-7-8-11(2)10-17(13,14-4)15-5/h7-9H,3,6,10H2,1-2,4-5H3/b9-7+,11-8+. The van der Waals surface area contributed by atoms with Crippen LogP contribution in [0.2, 0.25) is 0 Å². The van der Waals surface area contributed by atoms with Crippen molar-refractivity contribution in [2.45, 2.75) is 13.8 Å². The summed E-state index contributed by atoms with van der Waals surface area (Å²) in [4.78, 5) is 0. The van der Waals surface area contributed by atoms with Crippen LogP contribution in [0.1, 0.15) is 13.8 Å². The molecule has 0 unspecified atom stereocenters. The van der Waals surface area contributed by atoms with Gasteiger partial charge >= 0.3 is 7.60 Å². The maximum absolute atomic E-state index is 11.8. The molecule has 98 valence electrons. The van der Waals surface area contributed by atoms with Gasteiger partial charge < -0.3 is 13.8 Å². The summed E-state index contributed by atoms with van der Waals surface area (Å²) in [5, 5.41) is 0. The molecule has 0 aromatic rings. The van der Waals surface area contributed by atoms with Gasteiger partial charge in [0.05, 0.1) is 12.8 Å². The van der Waals surface area contributed by atoms with Crippen molar-refractivity contribution in [3.05, 3.63) is 36.1 Å². The van der Waals surface area contributed by atoms with E-state index in [9.17, 15) is 4.57 Å². The fourth-order valence-electron chi connectivity index (χ4n) is 1.12. The van der Waals surface area contributed by atoms with E-state index < -0.39 is 7.60 Å². The third-order valence-corrected chi connectivity index (χ3v) is 3.99. The van der Waals surface area contributed by atoms with Gasteiger partial charge in [0, 0.05) is 14.2 Å². The Bertz CT molecular complexity index is 336. The van der Waals surface area contributed by atoms with Crippen LogP contribution in [-0.2, 0) is 18.3 Å². The Morgan fingerprint density at radius 2 is 1.94 bits per heavy atom. The molecule has 17 heavy (non-hydrogen) atoms. The van der Waals surface area contributed by atoms with E-state index in [4.69, 9.17) is 13.8 Å².